The van der Waals surface area contributed by atoms with Crippen molar-refractivity contribution in [2.45, 2.75) is 40.2 Å². The third-order valence-electron chi connectivity index (χ3n) is 2.95. The van der Waals surface area contributed by atoms with Crippen molar-refractivity contribution in [2.75, 3.05) is 11.4 Å². The number of carbonyl (C=O) groups is 1. The molecule has 0 aliphatic heterocycles. The molecule has 3 heteroatoms. The van der Waals surface area contributed by atoms with Gasteiger partial charge in [0.15, 0.2) is 0 Å². The summed E-state index contributed by atoms with van der Waals surface area (Å²) >= 11 is 0. The number of aryl methyl sites for hydroxylation is 2. The highest BCUT2D eigenvalue weighted by atomic mass is 16.4. The summed E-state index contributed by atoms with van der Waals surface area (Å²) in [5.74, 6) is -0.779. The summed E-state index contributed by atoms with van der Waals surface area (Å²) in [6, 6.07) is 5.64. The van der Waals surface area contributed by atoms with Gasteiger partial charge in [-0.2, -0.15) is 0 Å². The Kier molecular flexibility index (Phi) is 4.55. The van der Waals surface area contributed by atoms with Gasteiger partial charge in [0, 0.05) is 12.2 Å². The summed E-state index contributed by atoms with van der Waals surface area (Å²) in [6.07, 6.45) is 0.935. The Bertz CT molecular complexity index is 401. The summed E-state index contributed by atoms with van der Waals surface area (Å²) in [6.45, 7) is 8.63. The molecule has 1 unspecified atom stereocenters. The third-order valence-corrected chi connectivity index (χ3v) is 2.95. The molecule has 1 atom stereocenters. The Balaban J connectivity index is 3.09. The predicted molar refractivity (Wildman–Crippen MR) is 70.7 cm³/mol. The standard InChI is InChI=1S/C14H21NO2/c1-5-8-15(12(4)14(16)17)13-7-6-10(2)9-11(13)3/h6-7,9,12H,5,8H2,1-4H3,(H,16,17). The van der Waals surface area contributed by atoms with Crippen molar-refractivity contribution < 1.29 is 9.90 Å². The fourth-order valence-electron chi connectivity index (χ4n) is 2.02. The molecule has 0 amide bonds. The second-order valence-electron chi connectivity index (χ2n) is 4.50. The van der Waals surface area contributed by atoms with E-state index in [9.17, 15) is 4.79 Å². The SMILES string of the molecule is CCCN(c1ccc(C)cc1C)C(C)C(=O)O. The molecule has 1 N–H and O–H groups in total. The summed E-state index contributed by atoms with van der Waals surface area (Å²) < 4.78 is 0. The quantitative estimate of drug-likeness (QED) is 0.853. The molecular weight excluding hydrogens is 214 g/mol. The Morgan fingerprint density at radius 3 is 2.53 bits per heavy atom. The van der Waals surface area contributed by atoms with Crippen LogP contribution in [0.2, 0.25) is 0 Å². The monoisotopic (exact) mass is 235 g/mol. The van der Waals surface area contributed by atoms with Gasteiger partial charge in [-0.05, 0) is 38.8 Å². The van der Waals surface area contributed by atoms with Crippen LogP contribution in [0.5, 0.6) is 0 Å². The lowest BCUT2D eigenvalue weighted by molar-refractivity contribution is -0.138. The van der Waals surface area contributed by atoms with E-state index >= 15 is 0 Å². The predicted octanol–water partition coefficient (Wildman–Crippen LogP) is 2.99. The lowest BCUT2D eigenvalue weighted by Gasteiger charge is -2.30. The topological polar surface area (TPSA) is 40.5 Å². The largest absolute Gasteiger partial charge is 0.480 e. The molecule has 0 saturated heterocycles. The Labute approximate surface area is 103 Å². The number of hydrogen-bond acceptors (Lipinski definition) is 2. The van der Waals surface area contributed by atoms with E-state index in [1.54, 1.807) is 6.92 Å². The van der Waals surface area contributed by atoms with Crippen molar-refractivity contribution in [3.8, 4) is 0 Å². The van der Waals surface area contributed by atoms with Crippen LogP contribution >= 0.6 is 0 Å². The number of benzene rings is 1. The van der Waals surface area contributed by atoms with E-state index in [1.165, 1.54) is 5.56 Å². The highest BCUT2D eigenvalue weighted by Crippen LogP contribution is 2.23. The molecule has 0 spiro atoms. The van der Waals surface area contributed by atoms with Gasteiger partial charge in [0.1, 0.15) is 6.04 Å². The zero-order valence-electron chi connectivity index (χ0n) is 11.0. The van der Waals surface area contributed by atoms with Crippen LogP contribution in [-0.2, 0) is 4.79 Å². The average Bonchev–Trinajstić information content (AvgIpc) is 2.26. The summed E-state index contributed by atoms with van der Waals surface area (Å²) in [5.41, 5.74) is 3.35. The van der Waals surface area contributed by atoms with E-state index in [0.29, 0.717) is 0 Å². The first-order valence-corrected chi connectivity index (χ1v) is 6.04. The molecule has 0 aliphatic rings. The lowest BCUT2D eigenvalue weighted by atomic mass is 10.1. The van der Waals surface area contributed by atoms with E-state index in [4.69, 9.17) is 5.11 Å². The maximum absolute atomic E-state index is 11.1. The normalized spacial score (nSPS) is 12.2. The lowest BCUT2D eigenvalue weighted by Crippen LogP contribution is -2.40. The minimum atomic E-state index is -0.779. The Hall–Kier alpha value is -1.51. The number of rotatable bonds is 5. The molecule has 0 aliphatic carbocycles. The molecule has 0 radical (unpaired) electrons. The third kappa shape index (κ3) is 3.22. The van der Waals surface area contributed by atoms with Crippen molar-refractivity contribution >= 4 is 11.7 Å². The molecule has 0 aromatic heterocycles. The maximum Gasteiger partial charge on any atom is 0.326 e. The highest BCUT2D eigenvalue weighted by molar-refractivity contribution is 5.78. The van der Waals surface area contributed by atoms with Gasteiger partial charge in [-0.3, -0.25) is 0 Å². The zero-order valence-corrected chi connectivity index (χ0v) is 11.0. The molecule has 1 rings (SSSR count). The van der Waals surface area contributed by atoms with Crippen molar-refractivity contribution in [3.05, 3.63) is 29.3 Å². The number of carboxylic acid groups (broad SMARTS) is 1. The molecule has 0 bridgehead atoms. The van der Waals surface area contributed by atoms with E-state index < -0.39 is 12.0 Å². The molecule has 0 heterocycles. The summed E-state index contributed by atoms with van der Waals surface area (Å²) in [7, 11) is 0. The number of aliphatic carboxylic acids is 1. The van der Waals surface area contributed by atoms with Gasteiger partial charge < -0.3 is 10.0 Å². The first-order valence-electron chi connectivity index (χ1n) is 6.04. The molecule has 0 saturated carbocycles. The molecule has 94 valence electrons. The van der Waals surface area contributed by atoms with Gasteiger partial charge in [-0.15, -0.1) is 0 Å². The minimum Gasteiger partial charge on any atom is -0.480 e. The van der Waals surface area contributed by atoms with Gasteiger partial charge in [-0.25, -0.2) is 4.79 Å². The average molecular weight is 235 g/mol. The van der Waals surface area contributed by atoms with E-state index in [-0.39, 0.29) is 0 Å². The van der Waals surface area contributed by atoms with Crippen molar-refractivity contribution in [2.24, 2.45) is 0 Å². The zero-order chi connectivity index (χ0) is 13.0. The second kappa shape index (κ2) is 5.71. The molecule has 1 aromatic rings. The fraction of sp³-hybridized carbons (Fsp3) is 0.500. The number of nitrogens with zero attached hydrogens (tertiary/aromatic N) is 1. The second-order valence-corrected chi connectivity index (χ2v) is 4.50. The van der Waals surface area contributed by atoms with Crippen molar-refractivity contribution in [1.29, 1.82) is 0 Å². The molecule has 1 aromatic carbocycles. The summed E-state index contributed by atoms with van der Waals surface area (Å²) in [4.78, 5) is 13.1. The van der Waals surface area contributed by atoms with Crippen LogP contribution in [0.25, 0.3) is 0 Å². The van der Waals surface area contributed by atoms with Gasteiger partial charge in [-0.1, -0.05) is 24.6 Å². The number of carboxylic acids is 1. The van der Waals surface area contributed by atoms with E-state index in [1.807, 2.05) is 30.9 Å². The van der Waals surface area contributed by atoms with Crippen molar-refractivity contribution in [1.82, 2.24) is 0 Å². The van der Waals surface area contributed by atoms with Crippen LogP contribution in [0.4, 0.5) is 5.69 Å². The fourth-order valence-corrected chi connectivity index (χ4v) is 2.02. The van der Waals surface area contributed by atoms with Gasteiger partial charge in [0.2, 0.25) is 0 Å². The number of hydrogen-bond donors (Lipinski definition) is 1. The maximum atomic E-state index is 11.1. The van der Waals surface area contributed by atoms with Crippen LogP contribution < -0.4 is 4.90 Å². The first-order chi connectivity index (χ1) is 7.97. The van der Waals surface area contributed by atoms with Crippen LogP contribution in [0.15, 0.2) is 18.2 Å². The minimum absolute atomic E-state index is 0.489. The van der Waals surface area contributed by atoms with E-state index in [0.717, 1.165) is 24.2 Å². The number of anilines is 1. The molecule has 3 nitrogen and oxygen atoms in total. The van der Waals surface area contributed by atoms with Crippen LogP contribution in [0, 0.1) is 13.8 Å². The van der Waals surface area contributed by atoms with Gasteiger partial charge in [0.25, 0.3) is 0 Å². The molecule has 0 fully saturated rings. The Morgan fingerprint density at radius 2 is 2.06 bits per heavy atom. The summed E-state index contributed by atoms with van der Waals surface area (Å²) in [5, 5.41) is 9.14. The first kappa shape index (κ1) is 13.6. The smallest absolute Gasteiger partial charge is 0.326 e. The van der Waals surface area contributed by atoms with Crippen molar-refractivity contribution in [3.63, 3.8) is 0 Å². The highest BCUT2D eigenvalue weighted by Gasteiger charge is 2.21. The van der Waals surface area contributed by atoms with Gasteiger partial charge >= 0.3 is 5.97 Å². The van der Waals surface area contributed by atoms with Crippen LogP contribution in [-0.4, -0.2) is 23.7 Å². The van der Waals surface area contributed by atoms with E-state index in [2.05, 4.69) is 13.0 Å². The molecule has 17 heavy (non-hydrogen) atoms. The van der Waals surface area contributed by atoms with Gasteiger partial charge in [0.05, 0.1) is 0 Å². The van der Waals surface area contributed by atoms with Crippen LogP contribution in [0.3, 0.4) is 0 Å². The Morgan fingerprint density at radius 1 is 1.41 bits per heavy atom. The van der Waals surface area contributed by atoms with Crippen LogP contribution in [0.1, 0.15) is 31.4 Å². The molecular formula is C14H21NO2.